The highest BCUT2D eigenvalue weighted by atomic mass is 32.2. The van der Waals surface area contributed by atoms with Gasteiger partial charge in [0.1, 0.15) is 15.7 Å². The maximum absolute atomic E-state index is 13.0. The zero-order valence-corrected chi connectivity index (χ0v) is 15.7. The number of nitrogens with one attached hydrogen (secondary N) is 1. The van der Waals surface area contributed by atoms with E-state index in [1.165, 1.54) is 18.4 Å². The van der Waals surface area contributed by atoms with Gasteiger partial charge in [-0.1, -0.05) is 0 Å². The van der Waals surface area contributed by atoms with Crippen LogP contribution in [0.5, 0.6) is 0 Å². The number of hydrogen-bond donors (Lipinski definition) is 1. The molecule has 0 aliphatic carbocycles. The average molecular weight is 384 g/mol. The molecule has 1 fully saturated rings. The number of benzene rings is 1. The number of anilines is 1. The Labute approximate surface area is 151 Å². The van der Waals surface area contributed by atoms with Gasteiger partial charge >= 0.3 is 0 Å². The fourth-order valence-corrected chi connectivity index (χ4v) is 4.25. The van der Waals surface area contributed by atoms with Crippen LogP contribution >= 0.6 is 11.3 Å². The van der Waals surface area contributed by atoms with Gasteiger partial charge in [-0.05, 0) is 37.1 Å². The number of piperidine rings is 1. The summed E-state index contributed by atoms with van der Waals surface area (Å²) in [6.07, 6.45) is 3.22. The Morgan fingerprint density at radius 2 is 1.96 bits per heavy atom. The van der Waals surface area contributed by atoms with E-state index in [1.54, 1.807) is 23.5 Å². The van der Waals surface area contributed by atoms with Crippen molar-refractivity contribution in [1.82, 2.24) is 9.88 Å². The molecule has 0 amide bonds. The Morgan fingerprint density at radius 1 is 1.28 bits per heavy atom. The van der Waals surface area contributed by atoms with Crippen molar-refractivity contribution in [1.29, 1.82) is 0 Å². The summed E-state index contributed by atoms with van der Waals surface area (Å²) in [7, 11) is -2.90. The molecule has 1 aromatic heterocycles. The number of likely N-dealkylation sites (tertiary alicyclic amines) is 1. The number of sulfone groups is 1. The summed E-state index contributed by atoms with van der Waals surface area (Å²) in [4.78, 5) is 6.78. The predicted molar refractivity (Wildman–Crippen MR) is 100 cm³/mol. The van der Waals surface area contributed by atoms with Crippen molar-refractivity contribution >= 4 is 26.3 Å². The molecule has 0 unspecified atom stereocenters. The molecule has 1 aliphatic heterocycles. The standard InChI is InChI=1S/C17H22FN3O2S2/c1-25(22,23)11-10-21-8-6-15(7-9-21)19-17-20-16(12-24-17)13-2-4-14(18)5-3-13/h2-5,12,15H,6-11H2,1H3,(H,19,20). The Morgan fingerprint density at radius 3 is 2.60 bits per heavy atom. The summed E-state index contributed by atoms with van der Waals surface area (Å²) in [5.41, 5.74) is 1.75. The lowest BCUT2D eigenvalue weighted by Crippen LogP contribution is -2.41. The Bertz CT molecular complexity index is 798. The van der Waals surface area contributed by atoms with Gasteiger partial charge in [-0.15, -0.1) is 11.3 Å². The first-order chi connectivity index (χ1) is 11.9. The van der Waals surface area contributed by atoms with Crippen LogP contribution in [0.2, 0.25) is 0 Å². The van der Waals surface area contributed by atoms with Crippen molar-refractivity contribution < 1.29 is 12.8 Å². The number of rotatable bonds is 6. The molecule has 2 aromatic rings. The second kappa shape index (κ2) is 7.80. The normalized spacial score (nSPS) is 16.9. The number of hydrogen-bond acceptors (Lipinski definition) is 6. The topological polar surface area (TPSA) is 62.3 Å². The largest absolute Gasteiger partial charge is 0.359 e. The van der Waals surface area contributed by atoms with Crippen molar-refractivity contribution in [2.45, 2.75) is 18.9 Å². The van der Waals surface area contributed by atoms with Gasteiger partial charge in [0.2, 0.25) is 0 Å². The third-order valence-electron chi connectivity index (χ3n) is 4.34. The van der Waals surface area contributed by atoms with Crippen molar-refractivity contribution in [3.05, 3.63) is 35.5 Å². The summed E-state index contributed by atoms with van der Waals surface area (Å²) in [5.74, 6) is -0.0292. The molecular formula is C17H22FN3O2S2. The summed E-state index contributed by atoms with van der Waals surface area (Å²) in [6.45, 7) is 2.39. The molecule has 25 heavy (non-hydrogen) atoms. The highest BCUT2D eigenvalue weighted by Crippen LogP contribution is 2.26. The molecule has 1 N–H and O–H groups in total. The Kier molecular flexibility index (Phi) is 5.71. The molecule has 5 nitrogen and oxygen atoms in total. The van der Waals surface area contributed by atoms with Crippen LogP contribution in [-0.4, -0.2) is 56.0 Å². The van der Waals surface area contributed by atoms with Crippen LogP contribution in [0, 0.1) is 5.82 Å². The molecule has 0 saturated carbocycles. The molecule has 1 aliphatic rings. The number of nitrogens with zero attached hydrogens (tertiary/aromatic N) is 2. The van der Waals surface area contributed by atoms with E-state index in [2.05, 4.69) is 15.2 Å². The van der Waals surface area contributed by atoms with Gasteiger partial charge in [-0.3, -0.25) is 0 Å². The van der Waals surface area contributed by atoms with Crippen LogP contribution in [0.3, 0.4) is 0 Å². The summed E-state index contributed by atoms with van der Waals surface area (Å²) < 4.78 is 35.5. The van der Waals surface area contributed by atoms with Crippen molar-refractivity contribution in [2.24, 2.45) is 0 Å². The van der Waals surface area contributed by atoms with Gasteiger partial charge < -0.3 is 10.2 Å². The first kappa shape index (κ1) is 18.3. The average Bonchev–Trinajstić information content (AvgIpc) is 3.03. The smallest absolute Gasteiger partial charge is 0.183 e. The van der Waals surface area contributed by atoms with E-state index in [1.807, 2.05) is 5.38 Å². The third kappa shape index (κ3) is 5.49. The quantitative estimate of drug-likeness (QED) is 0.831. The molecule has 3 rings (SSSR count). The molecule has 8 heteroatoms. The number of thiazole rings is 1. The summed E-state index contributed by atoms with van der Waals surface area (Å²) >= 11 is 1.55. The third-order valence-corrected chi connectivity index (χ3v) is 6.04. The van der Waals surface area contributed by atoms with Gasteiger partial charge in [0, 0.05) is 42.9 Å². The minimum Gasteiger partial charge on any atom is -0.359 e. The lowest BCUT2D eigenvalue weighted by molar-refractivity contribution is 0.230. The van der Waals surface area contributed by atoms with E-state index in [4.69, 9.17) is 0 Å². The highest BCUT2D eigenvalue weighted by Gasteiger charge is 2.20. The minimum absolute atomic E-state index is 0.221. The highest BCUT2D eigenvalue weighted by molar-refractivity contribution is 7.90. The lowest BCUT2D eigenvalue weighted by Gasteiger charge is -2.32. The number of halogens is 1. The fraction of sp³-hybridized carbons (Fsp3) is 0.471. The van der Waals surface area contributed by atoms with Crippen molar-refractivity contribution in [2.75, 3.05) is 37.0 Å². The number of aromatic nitrogens is 1. The summed E-state index contributed by atoms with van der Waals surface area (Å²) in [5, 5.41) is 6.30. The maximum atomic E-state index is 13.0. The van der Waals surface area contributed by atoms with Crippen LogP contribution in [0.15, 0.2) is 29.6 Å². The van der Waals surface area contributed by atoms with Crippen LogP contribution in [0.1, 0.15) is 12.8 Å². The minimum atomic E-state index is -2.90. The van der Waals surface area contributed by atoms with Crippen LogP contribution in [0.25, 0.3) is 11.3 Å². The molecule has 2 heterocycles. The predicted octanol–water partition coefficient (Wildman–Crippen LogP) is 2.87. The zero-order chi connectivity index (χ0) is 17.9. The first-order valence-electron chi connectivity index (χ1n) is 8.27. The Balaban J connectivity index is 1.50. The van der Waals surface area contributed by atoms with Crippen molar-refractivity contribution in [3.63, 3.8) is 0 Å². The van der Waals surface area contributed by atoms with Crippen molar-refractivity contribution in [3.8, 4) is 11.3 Å². The molecular weight excluding hydrogens is 361 g/mol. The second-order valence-electron chi connectivity index (χ2n) is 6.43. The van der Waals surface area contributed by atoms with Gasteiger partial charge in [-0.25, -0.2) is 17.8 Å². The molecule has 136 valence electrons. The lowest BCUT2D eigenvalue weighted by atomic mass is 10.1. The molecule has 1 aromatic carbocycles. The SMILES string of the molecule is CS(=O)(=O)CCN1CCC(Nc2nc(-c3ccc(F)cc3)cs2)CC1. The molecule has 0 bridgehead atoms. The van der Waals surface area contributed by atoms with Crippen LogP contribution < -0.4 is 5.32 Å². The Hall–Kier alpha value is -1.51. The molecule has 1 saturated heterocycles. The van der Waals surface area contributed by atoms with E-state index in [-0.39, 0.29) is 11.6 Å². The fourth-order valence-electron chi connectivity index (χ4n) is 2.86. The van der Waals surface area contributed by atoms with E-state index in [0.29, 0.717) is 12.6 Å². The summed E-state index contributed by atoms with van der Waals surface area (Å²) in [6, 6.07) is 6.69. The van der Waals surface area contributed by atoms with E-state index in [0.717, 1.165) is 42.3 Å². The van der Waals surface area contributed by atoms with Gasteiger partial charge in [0.25, 0.3) is 0 Å². The molecule has 0 atom stereocenters. The van der Waals surface area contributed by atoms with Crippen LogP contribution in [-0.2, 0) is 9.84 Å². The van der Waals surface area contributed by atoms with Crippen LogP contribution in [0.4, 0.5) is 9.52 Å². The monoisotopic (exact) mass is 383 g/mol. The second-order valence-corrected chi connectivity index (χ2v) is 9.55. The maximum Gasteiger partial charge on any atom is 0.183 e. The molecule has 0 spiro atoms. The van der Waals surface area contributed by atoms with Gasteiger partial charge in [0.05, 0.1) is 11.4 Å². The van der Waals surface area contributed by atoms with E-state index < -0.39 is 9.84 Å². The first-order valence-corrected chi connectivity index (χ1v) is 11.2. The van der Waals surface area contributed by atoms with Gasteiger partial charge in [-0.2, -0.15) is 0 Å². The zero-order valence-electron chi connectivity index (χ0n) is 14.1. The van der Waals surface area contributed by atoms with E-state index in [9.17, 15) is 12.8 Å². The van der Waals surface area contributed by atoms with Gasteiger partial charge in [0.15, 0.2) is 5.13 Å². The molecule has 0 radical (unpaired) electrons. The van der Waals surface area contributed by atoms with E-state index >= 15 is 0 Å².